The van der Waals surface area contributed by atoms with Gasteiger partial charge in [-0.05, 0) is 69.2 Å². The van der Waals surface area contributed by atoms with Crippen LogP contribution in [0.1, 0.15) is 43.7 Å². The molecule has 1 aliphatic heterocycles. The fraction of sp³-hybridized carbons (Fsp3) is 0.387. The summed E-state index contributed by atoms with van der Waals surface area (Å²) in [7, 11) is 3.39. The van der Waals surface area contributed by atoms with Crippen molar-refractivity contribution in [2.24, 2.45) is 0 Å². The number of ether oxygens (including phenoxy) is 2. The van der Waals surface area contributed by atoms with Crippen LogP contribution in [-0.4, -0.2) is 72.2 Å². The van der Waals surface area contributed by atoms with Crippen molar-refractivity contribution in [1.29, 1.82) is 0 Å². The van der Waals surface area contributed by atoms with Crippen molar-refractivity contribution in [3.63, 3.8) is 0 Å². The number of hydrogen-bond donors (Lipinski definition) is 0. The van der Waals surface area contributed by atoms with Crippen molar-refractivity contribution < 1.29 is 19.1 Å². The molecule has 1 aliphatic rings. The number of anilines is 1. The van der Waals surface area contributed by atoms with E-state index in [1.807, 2.05) is 80.3 Å². The van der Waals surface area contributed by atoms with Gasteiger partial charge in [0.25, 0.3) is 5.91 Å². The molecule has 8 heteroatoms. The molecule has 4 rings (SSSR count). The Balaban J connectivity index is 1.34. The predicted molar refractivity (Wildman–Crippen MR) is 153 cm³/mol. The van der Waals surface area contributed by atoms with Crippen LogP contribution in [0.15, 0.2) is 66.9 Å². The number of piperazine rings is 1. The van der Waals surface area contributed by atoms with Crippen molar-refractivity contribution in [1.82, 2.24) is 14.8 Å². The number of benzene rings is 2. The fourth-order valence-corrected chi connectivity index (χ4v) is 4.63. The molecule has 39 heavy (non-hydrogen) atoms. The van der Waals surface area contributed by atoms with Crippen LogP contribution in [0.4, 0.5) is 10.5 Å². The minimum absolute atomic E-state index is 0.0689. The largest absolute Gasteiger partial charge is 0.497 e. The Hall–Kier alpha value is -3.91. The van der Waals surface area contributed by atoms with Gasteiger partial charge in [-0.25, -0.2) is 4.79 Å². The molecule has 0 N–H and O–H groups in total. The summed E-state index contributed by atoms with van der Waals surface area (Å²) in [6.07, 6.45) is 1.46. The molecule has 3 aromatic rings. The average Bonchev–Trinajstić information content (AvgIpc) is 2.92. The smallest absolute Gasteiger partial charge is 0.410 e. The SMILES string of the molecule is COc1cccc(-c2ccc(C(=O)N(C)c3ccc(CN4CCN(C(=O)OC(C)(C)C)[C@@H](C)C4)cc3)nc2)c1. The van der Waals surface area contributed by atoms with Crippen LogP contribution >= 0.6 is 0 Å². The number of nitrogens with zero attached hydrogens (tertiary/aromatic N) is 4. The Kier molecular flexibility index (Phi) is 8.55. The number of rotatable bonds is 6. The number of carbonyl (C=O) groups excluding carboxylic acids is 2. The third-order valence-corrected chi connectivity index (χ3v) is 6.76. The maximum Gasteiger partial charge on any atom is 0.410 e. The average molecular weight is 531 g/mol. The second-order valence-electron chi connectivity index (χ2n) is 11.0. The van der Waals surface area contributed by atoms with Crippen LogP contribution < -0.4 is 9.64 Å². The Morgan fingerprint density at radius 1 is 1.03 bits per heavy atom. The van der Waals surface area contributed by atoms with E-state index < -0.39 is 5.60 Å². The van der Waals surface area contributed by atoms with Crippen molar-refractivity contribution in [2.45, 2.75) is 45.9 Å². The zero-order valence-electron chi connectivity index (χ0n) is 23.7. The maximum absolute atomic E-state index is 13.1. The van der Waals surface area contributed by atoms with E-state index in [-0.39, 0.29) is 18.0 Å². The lowest BCUT2D eigenvalue weighted by atomic mass is 10.1. The van der Waals surface area contributed by atoms with Gasteiger partial charge in [-0.1, -0.05) is 30.3 Å². The summed E-state index contributed by atoms with van der Waals surface area (Å²) in [4.78, 5) is 35.8. The van der Waals surface area contributed by atoms with Gasteiger partial charge in [0.1, 0.15) is 17.0 Å². The number of amides is 2. The van der Waals surface area contributed by atoms with Gasteiger partial charge in [0.15, 0.2) is 0 Å². The van der Waals surface area contributed by atoms with E-state index in [4.69, 9.17) is 9.47 Å². The lowest BCUT2D eigenvalue weighted by Crippen LogP contribution is -2.54. The second kappa shape index (κ2) is 11.9. The first kappa shape index (κ1) is 28.1. The van der Waals surface area contributed by atoms with Crippen LogP contribution in [0.5, 0.6) is 5.75 Å². The molecule has 1 atom stereocenters. The normalized spacial score (nSPS) is 16.1. The third-order valence-electron chi connectivity index (χ3n) is 6.76. The van der Waals surface area contributed by atoms with Gasteiger partial charge in [0.2, 0.25) is 0 Å². The second-order valence-corrected chi connectivity index (χ2v) is 11.0. The summed E-state index contributed by atoms with van der Waals surface area (Å²) in [6, 6.07) is 19.5. The molecule has 0 unspecified atom stereocenters. The van der Waals surface area contributed by atoms with E-state index in [9.17, 15) is 9.59 Å². The monoisotopic (exact) mass is 530 g/mol. The maximum atomic E-state index is 13.1. The van der Waals surface area contributed by atoms with Crippen LogP contribution in [0, 0.1) is 0 Å². The van der Waals surface area contributed by atoms with Gasteiger partial charge < -0.3 is 19.3 Å². The quantitative estimate of drug-likeness (QED) is 0.420. The fourth-order valence-electron chi connectivity index (χ4n) is 4.63. The number of hydrogen-bond acceptors (Lipinski definition) is 6. The molecule has 206 valence electrons. The van der Waals surface area contributed by atoms with Crippen LogP contribution in [0.3, 0.4) is 0 Å². The molecule has 0 radical (unpaired) electrons. The summed E-state index contributed by atoms with van der Waals surface area (Å²) in [5.41, 5.74) is 3.72. The highest BCUT2D eigenvalue weighted by atomic mass is 16.6. The van der Waals surface area contributed by atoms with Gasteiger partial charge in [-0.15, -0.1) is 0 Å². The van der Waals surface area contributed by atoms with Gasteiger partial charge in [-0.3, -0.25) is 14.7 Å². The first-order valence-corrected chi connectivity index (χ1v) is 13.2. The molecule has 0 aliphatic carbocycles. The summed E-state index contributed by atoms with van der Waals surface area (Å²) < 4.78 is 10.8. The third kappa shape index (κ3) is 7.15. The Bertz CT molecular complexity index is 1290. The molecule has 0 bridgehead atoms. The highest BCUT2D eigenvalue weighted by molar-refractivity contribution is 6.04. The molecule has 0 spiro atoms. The number of methoxy groups -OCH3 is 1. The molecule has 0 saturated carbocycles. The standard InChI is InChI=1S/C31H38N4O4/c1-22-20-34(16-17-35(22)30(37)39-31(2,3)4)21-23-10-13-26(14-11-23)33(5)29(36)28-15-12-25(19-32-28)24-8-7-9-27(18-24)38-6/h7-15,18-19,22H,16-17,20-21H2,1-6H3/t22-/m0/s1. The molecule has 2 amide bonds. The Morgan fingerprint density at radius 2 is 1.77 bits per heavy atom. The van der Waals surface area contributed by atoms with Gasteiger partial charge in [0, 0.05) is 56.7 Å². The Labute approximate surface area is 231 Å². The van der Waals surface area contributed by atoms with E-state index >= 15 is 0 Å². The lowest BCUT2D eigenvalue weighted by molar-refractivity contribution is 0.000551. The highest BCUT2D eigenvalue weighted by Gasteiger charge is 2.30. The van der Waals surface area contributed by atoms with Crippen molar-refractivity contribution in [3.05, 3.63) is 78.1 Å². The molecule has 1 fully saturated rings. The predicted octanol–water partition coefficient (Wildman–Crippen LogP) is 5.48. The molecule has 8 nitrogen and oxygen atoms in total. The zero-order valence-corrected chi connectivity index (χ0v) is 23.7. The summed E-state index contributed by atoms with van der Waals surface area (Å²) >= 11 is 0. The lowest BCUT2D eigenvalue weighted by Gasteiger charge is -2.40. The van der Waals surface area contributed by atoms with Gasteiger partial charge in [0.05, 0.1) is 7.11 Å². The number of aromatic nitrogens is 1. The molecular formula is C31H38N4O4. The van der Waals surface area contributed by atoms with Crippen molar-refractivity contribution in [2.75, 3.05) is 38.7 Å². The minimum atomic E-state index is -0.499. The highest BCUT2D eigenvalue weighted by Crippen LogP contribution is 2.24. The zero-order chi connectivity index (χ0) is 28.2. The van der Waals surface area contributed by atoms with E-state index in [1.54, 1.807) is 31.3 Å². The number of carbonyl (C=O) groups is 2. The van der Waals surface area contributed by atoms with Crippen LogP contribution in [0.25, 0.3) is 11.1 Å². The molecular weight excluding hydrogens is 492 g/mol. The van der Waals surface area contributed by atoms with Crippen LogP contribution in [0.2, 0.25) is 0 Å². The van der Waals surface area contributed by atoms with Crippen molar-refractivity contribution >= 4 is 17.7 Å². The summed E-state index contributed by atoms with van der Waals surface area (Å²) in [6.45, 7) is 10.7. The first-order chi connectivity index (χ1) is 18.5. The molecule has 1 saturated heterocycles. The van der Waals surface area contributed by atoms with E-state index in [1.165, 1.54) is 0 Å². The summed E-state index contributed by atoms with van der Waals surface area (Å²) in [5.74, 6) is 0.598. The van der Waals surface area contributed by atoms with Gasteiger partial charge >= 0.3 is 6.09 Å². The van der Waals surface area contributed by atoms with Crippen molar-refractivity contribution in [3.8, 4) is 16.9 Å². The van der Waals surface area contributed by atoms with E-state index in [0.717, 1.165) is 47.8 Å². The topological polar surface area (TPSA) is 75.2 Å². The number of pyridine rings is 1. The molecule has 1 aromatic heterocycles. The minimum Gasteiger partial charge on any atom is -0.497 e. The molecule has 2 aromatic carbocycles. The first-order valence-electron chi connectivity index (χ1n) is 13.2. The van der Waals surface area contributed by atoms with Crippen LogP contribution in [-0.2, 0) is 11.3 Å². The van der Waals surface area contributed by atoms with E-state index in [2.05, 4.69) is 16.8 Å². The molecule has 2 heterocycles. The summed E-state index contributed by atoms with van der Waals surface area (Å²) in [5, 5.41) is 0. The van der Waals surface area contributed by atoms with Gasteiger partial charge in [-0.2, -0.15) is 0 Å². The van der Waals surface area contributed by atoms with E-state index in [0.29, 0.717) is 12.2 Å². The Morgan fingerprint density at radius 3 is 2.38 bits per heavy atom.